The van der Waals surface area contributed by atoms with Gasteiger partial charge in [-0.15, -0.1) is 0 Å². The van der Waals surface area contributed by atoms with E-state index in [4.69, 9.17) is 4.74 Å². The molecule has 2 aromatic carbocycles. The number of aliphatic hydroxyl groups is 2. The van der Waals surface area contributed by atoms with Gasteiger partial charge in [0.05, 0.1) is 24.9 Å². The standard InChI is InChI=1S/C31H29F4N3O4/c1-30(2,40)22-13-24(38-27(25(22)33)16-4-8-21(32)9-5-16)31(41,20-6-7-20)15-37-29(39)18-10-17-11-19(28(34)35)14-36-26(17)23(12-18)42-3/h4-5,8-14,20,28,40-41H,6-7,15H2,1-3H3,(H,37,39). The third kappa shape index (κ3) is 5.66. The Kier molecular flexibility index (Phi) is 7.67. The second kappa shape index (κ2) is 11.0. The minimum absolute atomic E-state index is 0.0324. The lowest BCUT2D eigenvalue weighted by Gasteiger charge is -2.31. The number of alkyl halides is 2. The molecule has 220 valence electrons. The van der Waals surface area contributed by atoms with Crippen molar-refractivity contribution in [2.24, 2.45) is 5.92 Å². The first-order valence-corrected chi connectivity index (χ1v) is 13.3. The van der Waals surface area contributed by atoms with Gasteiger partial charge in [-0.1, -0.05) is 0 Å². The Morgan fingerprint density at radius 2 is 1.79 bits per heavy atom. The van der Waals surface area contributed by atoms with Crippen LogP contribution in [0, 0.1) is 17.6 Å². The summed E-state index contributed by atoms with van der Waals surface area (Å²) < 4.78 is 61.1. The van der Waals surface area contributed by atoms with E-state index < -0.39 is 35.2 Å². The molecule has 0 saturated heterocycles. The summed E-state index contributed by atoms with van der Waals surface area (Å²) in [6.45, 7) is 2.46. The lowest BCUT2D eigenvalue weighted by atomic mass is 9.87. The number of aromatic nitrogens is 2. The molecule has 5 rings (SSSR count). The summed E-state index contributed by atoms with van der Waals surface area (Å²) in [5.41, 5.74) is -3.37. The first-order chi connectivity index (χ1) is 19.8. The fourth-order valence-corrected chi connectivity index (χ4v) is 4.96. The molecule has 0 aliphatic heterocycles. The second-order valence-electron chi connectivity index (χ2n) is 11.0. The molecule has 2 heterocycles. The van der Waals surface area contributed by atoms with Gasteiger partial charge in [0.2, 0.25) is 0 Å². The smallest absolute Gasteiger partial charge is 0.265 e. The molecule has 2 aromatic heterocycles. The molecule has 1 aliphatic rings. The number of fused-ring (bicyclic) bond motifs is 1. The summed E-state index contributed by atoms with van der Waals surface area (Å²) >= 11 is 0. The van der Waals surface area contributed by atoms with Gasteiger partial charge in [0.25, 0.3) is 12.3 Å². The minimum Gasteiger partial charge on any atom is -0.494 e. The van der Waals surface area contributed by atoms with Gasteiger partial charge in [-0.05, 0) is 81.1 Å². The van der Waals surface area contributed by atoms with E-state index in [-0.39, 0.29) is 57.2 Å². The van der Waals surface area contributed by atoms with E-state index >= 15 is 4.39 Å². The molecule has 4 aromatic rings. The molecule has 1 atom stereocenters. The Morgan fingerprint density at radius 3 is 2.38 bits per heavy atom. The highest BCUT2D eigenvalue weighted by Gasteiger charge is 2.47. The van der Waals surface area contributed by atoms with Crippen LogP contribution in [0.2, 0.25) is 0 Å². The molecular formula is C31H29F4N3O4. The highest BCUT2D eigenvalue weighted by molar-refractivity contribution is 6.00. The van der Waals surface area contributed by atoms with Crippen molar-refractivity contribution < 1.29 is 37.3 Å². The molecule has 1 aliphatic carbocycles. The van der Waals surface area contributed by atoms with E-state index in [1.165, 1.54) is 57.4 Å². The molecule has 1 saturated carbocycles. The second-order valence-corrected chi connectivity index (χ2v) is 11.0. The maximum absolute atomic E-state index is 15.6. The fourth-order valence-electron chi connectivity index (χ4n) is 4.96. The molecule has 0 spiro atoms. The highest BCUT2D eigenvalue weighted by atomic mass is 19.3. The zero-order chi connectivity index (χ0) is 30.4. The lowest BCUT2D eigenvalue weighted by Crippen LogP contribution is -2.43. The van der Waals surface area contributed by atoms with Gasteiger partial charge in [-0.2, -0.15) is 0 Å². The molecule has 0 bridgehead atoms. The predicted octanol–water partition coefficient (Wildman–Crippen LogP) is 5.78. The van der Waals surface area contributed by atoms with Crippen molar-refractivity contribution in [3.8, 4) is 17.0 Å². The van der Waals surface area contributed by atoms with Gasteiger partial charge in [0, 0.05) is 33.8 Å². The Bertz CT molecular complexity index is 1650. The molecule has 3 N–H and O–H groups in total. The summed E-state index contributed by atoms with van der Waals surface area (Å²) in [4.78, 5) is 21.8. The number of halogens is 4. The quantitative estimate of drug-likeness (QED) is 0.216. The summed E-state index contributed by atoms with van der Waals surface area (Å²) in [5.74, 6) is -2.09. The number of hydrogen-bond donors (Lipinski definition) is 3. The largest absolute Gasteiger partial charge is 0.494 e. The van der Waals surface area contributed by atoms with Crippen LogP contribution in [0.5, 0.6) is 5.75 Å². The third-order valence-corrected chi connectivity index (χ3v) is 7.45. The zero-order valence-electron chi connectivity index (χ0n) is 23.1. The van der Waals surface area contributed by atoms with Crippen molar-refractivity contribution in [3.63, 3.8) is 0 Å². The Labute approximate surface area is 239 Å². The molecule has 0 radical (unpaired) electrons. The van der Waals surface area contributed by atoms with Crippen LogP contribution in [0.25, 0.3) is 22.2 Å². The molecule has 11 heteroatoms. The van der Waals surface area contributed by atoms with Gasteiger partial charge in [-0.3, -0.25) is 9.78 Å². The molecular weight excluding hydrogens is 554 g/mol. The van der Waals surface area contributed by atoms with Crippen molar-refractivity contribution in [3.05, 3.63) is 88.7 Å². The van der Waals surface area contributed by atoms with E-state index in [0.717, 1.165) is 18.3 Å². The maximum Gasteiger partial charge on any atom is 0.265 e. The number of ether oxygens (including phenoxy) is 1. The Morgan fingerprint density at radius 1 is 1.10 bits per heavy atom. The van der Waals surface area contributed by atoms with Crippen molar-refractivity contribution in [2.45, 2.75) is 44.3 Å². The van der Waals surface area contributed by atoms with Crippen molar-refractivity contribution in [2.75, 3.05) is 13.7 Å². The zero-order valence-corrected chi connectivity index (χ0v) is 23.1. The third-order valence-electron chi connectivity index (χ3n) is 7.45. The van der Waals surface area contributed by atoms with Crippen LogP contribution >= 0.6 is 0 Å². The van der Waals surface area contributed by atoms with Gasteiger partial charge >= 0.3 is 0 Å². The van der Waals surface area contributed by atoms with Gasteiger partial charge < -0.3 is 20.3 Å². The monoisotopic (exact) mass is 583 g/mol. The number of rotatable bonds is 9. The number of pyridine rings is 2. The summed E-state index contributed by atoms with van der Waals surface area (Å²) in [6, 6.07) is 10.3. The highest BCUT2D eigenvalue weighted by Crippen LogP contribution is 2.46. The molecule has 42 heavy (non-hydrogen) atoms. The molecule has 1 unspecified atom stereocenters. The van der Waals surface area contributed by atoms with Crippen molar-refractivity contribution in [1.82, 2.24) is 15.3 Å². The van der Waals surface area contributed by atoms with E-state index in [2.05, 4.69) is 15.3 Å². The average molecular weight is 584 g/mol. The van der Waals surface area contributed by atoms with E-state index in [0.29, 0.717) is 18.4 Å². The first-order valence-electron chi connectivity index (χ1n) is 13.3. The van der Waals surface area contributed by atoms with E-state index in [1.54, 1.807) is 0 Å². The molecule has 1 fully saturated rings. The Balaban J connectivity index is 1.52. The van der Waals surface area contributed by atoms with Gasteiger partial charge in [0.1, 0.15) is 28.4 Å². The van der Waals surface area contributed by atoms with E-state index in [1.807, 2.05) is 0 Å². The minimum atomic E-state index is -2.75. The first kappa shape index (κ1) is 29.4. The molecule has 1 amide bonds. The summed E-state index contributed by atoms with van der Waals surface area (Å²) in [7, 11) is 1.37. The lowest BCUT2D eigenvalue weighted by molar-refractivity contribution is 0.00864. The van der Waals surface area contributed by atoms with Crippen LogP contribution in [-0.2, 0) is 11.2 Å². The van der Waals surface area contributed by atoms with Crippen LogP contribution < -0.4 is 10.1 Å². The number of nitrogens with one attached hydrogen (secondary N) is 1. The SMILES string of the molecule is COc1cc(C(=O)NCC(O)(c2cc(C(C)(C)O)c(F)c(-c3ccc(F)cc3)n2)C2CC2)cc2cc(C(F)F)cnc12. The van der Waals surface area contributed by atoms with Crippen LogP contribution in [0.4, 0.5) is 17.6 Å². The molecule has 7 nitrogen and oxygen atoms in total. The van der Waals surface area contributed by atoms with Crippen molar-refractivity contribution >= 4 is 16.8 Å². The Hall–Kier alpha value is -4.09. The number of carbonyl (C=O) groups is 1. The van der Waals surface area contributed by atoms with E-state index in [9.17, 15) is 28.2 Å². The normalized spacial score (nSPS) is 15.1. The number of nitrogens with zero attached hydrogens (tertiary/aromatic N) is 2. The van der Waals surface area contributed by atoms with Gasteiger partial charge in [0.15, 0.2) is 5.82 Å². The summed E-state index contributed by atoms with van der Waals surface area (Å²) in [5, 5.41) is 25.6. The predicted molar refractivity (Wildman–Crippen MR) is 147 cm³/mol. The maximum atomic E-state index is 15.6. The number of methoxy groups -OCH3 is 1. The summed E-state index contributed by atoms with van der Waals surface area (Å²) in [6.07, 6.45) is -0.485. The van der Waals surface area contributed by atoms with Gasteiger partial charge in [-0.25, -0.2) is 22.5 Å². The fraction of sp³-hybridized carbons (Fsp3) is 0.323. The van der Waals surface area contributed by atoms with Crippen LogP contribution in [0.3, 0.4) is 0 Å². The van der Waals surface area contributed by atoms with Crippen LogP contribution in [-0.4, -0.2) is 39.7 Å². The number of amides is 1. The van der Waals surface area contributed by atoms with Crippen molar-refractivity contribution in [1.29, 1.82) is 0 Å². The average Bonchev–Trinajstić information content (AvgIpc) is 3.81. The number of hydrogen-bond acceptors (Lipinski definition) is 6. The number of carbonyl (C=O) groups excluding carboxylic acids is 1. The van der Waals surface area contributed by atoms with Crippen LogP contribution in [0.15, 0.2) is 54.7 Å². The van der Waals surface area contributed by atoms with Crippen LogP contribution in [0.1, 0.15) is 60.3 Å². The topological polar surface area (TPSA) is 105 Å². The number of benzene rings is 2.